The molecule has 0 spiro atoms. The summed E-state index contributed by atoms with van der Waals surface area (Å²) >= 11 is 2.15. The van der Waals surface area contributed by atoms with Crippen molar-refractivity contribution >= 4 is 38.5 Å². The van der Waals surface area contributed by atoms with Crippen molar-refractivity contribution in [2.75, 3.05) is 43.7 Å². The highest BCUT2D eigenvalue weighted by Gasteiger charge is 2.27. The van der Waals surface area contributed by atoms with E-state index in [0.29, 0.717) is 26.2 Å². The summed E-state index contributed by atoms with van der Waals surface area (Å²) in [4.78, 5) is 12.0. The number of sulfonamides is 1. The Morgan fingerprint density at radius 3 is 1.76 bits per heavy atom. The van der Waals surface area contributed by atoms with Gasteiger partial charge in [-0.05, 0) is 12.8 Å². The van der Waals surface area contributed by atoms with Crippen LogP contribution in [0.1, 0.15) is 110 Å². The van der Waals surface area contributed by atoms with Crippen molar-refractivity contribution in [3.63, 3.8) is 0 Å². The van der Waals surface area contributed by atoms with Crippen LogP contribution in [0.15, 0.2) is 0 Å². The molecule has 0 rings (SSSR count). The van der Waals surface area contributed by atoms with E-state index in [-0.39, 0.29) is 18.2 Å². The molecule has 1 amide bonds. The van der Waals surface area contributed by atoms with Gasteiger partial charge in [0.1, 0.15) is 0 Å². The van der Waals surface area contributed by atoms with Crippen LogP contribution in [-0.2, 0) is 24.3 Å². The van der Waals surface area contributed by atoms with E-state index >= 15 is 0 Å². The minimum absolute atomic E-state index is 0.00483. The zero-order chi connectivity index (χ0) is 25.5. The number of halogens is 1. The van der Waals surface area contributed by atoms with Crippen LogP contribution < -0.4 is 0 Å². The number of hydrogen-bond donors (Lipinski definition) is 0. The molecule has 0 radical (unpaired) electrons. The van der Waals surface area contributed by atoms with E-state index in [1.807, 2.05) is 0 Å². The lowest BCUT2D eigenvalue weighted by Crippen LogP contribution is -2.42. The fourth-order valence-corrected chi connectivity index (χ4v) is 6.52. The lowest BCUT2D eigenvalue weighted by molar-refractivity contribution is -0.125. The highest BCUT2D eigenvalue weighted by atomic mass is 127. The number of hydrogen-bond acceptors (Lipinski definition) is 5. The molecule has 0 fully saturated rings. The predicted molar refractivity (Wildman–Crippen MR) is 151 cm³/mol. The average Bonchev–Trinajstić information content (AvgIpc) is 2.80. The summed E-state index contributed by atoms with van der Waals surface area (Å²) in [5, 5.41) is 0. The molecule has 6 nitrogen and oxygen atoms in total. The molecule has 0 saturated heterocycles. The molecule has 0 aliphatic heterocycles. The molecular formula is C26H52INO5S. The molecule has 0 N–H and O–H groups in total. The second kappa shape index (κ2) is 23.5. The molecule has 0 saturated carbocycles. The number of amides is 1. The Morgan fingerprint density at radius 2 is 1.32 bits per heavy atom. The summed E-state index contributed by atoms with van der Waals surface area (Å²) < 4.78 is 37.8. The van der Waals surface area contributed by atoms with E-state index in [1.165, 1.54) is 84.0 Å². The third kappa shape index (κ3) is 19.3. The van der Waals surface area contributed by atoms with Gasteiger partial charge >= 0.3 is 0 Å². The largest absolute Gasteiger partial charge is 0.384 e. The van der Waals surface area contributed by atoms with Crippen molar-refractivity contribution in [1.82, 2.24) is 4.31 Å². The average molecular weight is 618 g/mol. The maximum Gasteiger partial charge on any atom is 0.237 e. The molecular weight excluding hydrogens is 565 g/mol. The third-order valence-electron chi connectivity index (χ3n) is 6.05. The van der Waals surface area contributed by atoms with Crippen LogP contribution in [0.4, 0.5) is 0 Å². The van der Waals surface area contributed by atoms with Gasteiger partial charge in [0, 0.05) is 37.5 Å². The SMILES string of the molecule is CCCCCCCCCCCCCCCCOCC(COC)CN(C(C)=O)S(=O)(=O)CCCI. The van der Waals surface area contributed by atoms with Crippen molar-refractivity contribution in [3.8, 4) is 0 Å². The van der Waals surface area contributed by atoms with Gasteiger partial charge in [-0.25, -0.2) is 12.7 Å². The summed E-state index contributed by atoms with van der Waals surface area (Å²) in [7, 11) is -2.00. The Labute approximate surface area is 224 Å². The van der Waals surface area contributed by atoms with E-state index in [4.69, 9.17) is 9.47 Å². The highest BCUT2D eigenvalue weighted by molar-refractivity contribution is 14.1. The molecule has 34 heavy (non-hydrogen) atoms. The molecule has 0 aromatic carbocycles. The van der Waals surface area contributed by atoms with Gasteiger partial charge in [0.05, 0.1) is 19.0 Å². The molecule has 1 atom stereocenters. The number of nitrogens with zero attached hydrogens (tertiary/aromatic N) is 1. The first-order chi connectivity index (χ1) is 16.4. The Balaban J connectivity index is 3.90. The van der Waals surface area contributed by atoms with Gasteiger partial charge in [-0.2, -0.15) is 0 Å². The van der Waals surface area contributed by atoms with Gasteiger partial charge in [-0.3, -0.25) is 4.79 Å². The van der Waals surface area contributed by atoms with E-state index in [0.717, 1.165) is 21.6 Å². The zero-order valence-electron chi connectivity index (χ0n) is 22.2. The van der Waals surface area contributed by atoms with E-state index in [1.54, 1.807) is 7.11 Å². The maximum absolute atomic E-state index is 12.5. The first kappa shape index (κ1) is 34.1. The van der Waals surface area contributed by atoms with Crippen molar-refractivity contribution < 1.29 is 22.7 Å². The number of unbranched alkanes of at least 4 members (excludes halogenated alkanes) is 13. The lowest BCUT2D eigenvalue weighted by Gasteiger charge is -2.26. The van der Waals surface area contributed by atoms with E-state index in [9.17, 15) is 13.2 Å². The van der Waals surface area contributed by atoms with Crippen LogP contribution >= 0.6 is 22.6 Å². The van der Waals surface area contributed by atoms with Gasteiger partial charge in [0.15, 0.2) is 0 Å². The normalized spacial score (nSPS) is 12.7. The van der Waals surface area contributed by atoms with Gasteiger partial charge in [0.2, 0.25) is 15.9 Å². The van der Waals surface area contributed by atoms with Gasteiger partial charge in [0.25, 0.3) is 0 Å². The van der Waals surface area contributed by atoms with Gasteiger partial charge < -0.3 is 9.47 Å². The fraction of sp³-hybridized carbons (Fsp3) is 0.962. The monoisotopic (exact) mass is 617 g/mol. The molecule has 0 aromatic rings. The van der Waals surface area contributed by atoms with Crippen molar-refractivity contribution in [3.05, 3.63) is 0 Å². The standard InChI is InChI=1S/C26H52INO5S/c1-4-5-6-7-8-9-10-11-12-13-14-15-16-17-20-33-24-26(23-32-3)22-28(25(2)29)34(30,31)21-18-19-27/h26H,4-24H2,1-3H3. The minimum Gasteiger partial charge on any atom is -0.384 e. The predicted octanol–water partition coefficient (Wildman–Crippen LogP) is 6.75. The Hall–Kier alpha value is 0.0700. The van der Waals surface area contributed by atoms with Crippen molar-refractivity contribution in [2.45, 2.75) is 110 Å². The Bertz CT molecular complexity index is 574. The number of alkyl halides is 1. The summed E-state index contributed by atoms with van der Waals surface area (Å²) in [5.41, 5.74) is 0. The number of ether oxygens (including phenoxy) is 2. The maximum atomic E-state index is 12.5. The summed E-state index contributed by atoms with van der Waals surface area (Å²) in [6.07, 6.45) is 19.1. The van der Waals surface area contributed by atoms with Crippen LogP contribution in [0, 0.1) is 5.92 Å². The molecule has 0 aliphatic rings. The minimum atomic E-state index is -3.59. The Kier molecular flexibility index (Phi) is 23.5. The highest BCUT2D eigenvalue weighted by Crippen LogP contribution is 2.14. The molecule has 0 aliphatic carbocycles. The van der Waals surface area contributed by atoms with Crippen molar-refractivity contribution in [2.24, 2.45) is 5.92 Å². The number of carbonyl (C=O) groups excluding carboxylic acids is 1. The second-order valence-corrected chi connectivity index (χ2v) is 12.5. The number of rotatable bonds is 25. The topological polar surface area (TPSA) is 72.9 Å². The number of carbonyl (C=O) groups is 1. The van der Waals surface area contributed by atoms with Gasteiger partial charge in [-0.1, -0.05) is 113 Å². The fourth-order valence-electron chi connectivity index (χ4n) is 4.06. The van der Waals surface area contributed by atoms with Crippen LogP contribution in [0.3, 0.4) is 0 Å². The molecule has 0 aromatic heterocycles. The Morgan fingerprint density at radius 1 is 0.824 bits per heavy atom. The van der Waals surface area contributed by atoms with E-state index < -0.39 is 15.9 Å². The third-order valence-corrected chi connectivity index (χ3v) is 8.69. The van der Waals surface area contributed by atoms with Crippen LogP contribution in [0.2, 0.25) is 0 Å². The molecule has 1 unspecified atom stereocenters. The molecule has 0 bridgehead atoms. The quantitative estimate of drug-likeness (QED) is 0.0644. The second-order valence-electron chi connectivity index (χ2n) is 9.40. The number of methoxy groups -OCH3 is 1. The molecule has 204 valence electrons. The molecule has 0 heterocycles. The molecule has 8 heteroatoms. The zero-order valence-corrected chi connectivity index (χ0v) is 25.2. The van der Waals surface area contributed by atoms with Gasteiger partial charge in [-0.15, -0.1) is 0 Å². The van der Waals surface area contributed by atoms with E-state index in [2.05, 4.69) is 29.5 Å². The van der Waals surface area contributed by atoms with Crippen LogP contribution in [0.5, 0.6) is 0 Å². The van der Waals surface area contributed by atoms with Crippen molar-refractivity contribution in [1.29, 1.82) is 0 Å². The smallest absolute Gasteiger partial charge is 0.237 e. The summed E-state index contributed by atoms with van der Waals surface area (Å²) in [6.45, 7) is 5.12. The van der Waals surface area contributed by atoms with Crippen LogP contribution in [-0.4, -0.2) is 62.3 Å². The van der Waals surface area contributed by atoms with Crippen LogP contribution in [0.25, 0.3) is 0 Å². The summed E-state index contributed by atoms with van der Waals surface area (Å²) in [5.74, 6) is -0.605. The first-order valence-corrected chi connectivity index (χ1v) is 16.7. The first-order valence-electron chi connectivity index (χ1n) is 13.5. The lowest BCUT2D eigenvalue weighted by atomic mass is 10.0. The summed E-state index contributed by atoms with van der Waals surface area (Å²) in [6, 6.07) is 0.